The molecule has 0 bridgehead atoms. The highest BCUT2D eigenvalue weighted by atomic mass is 32.1. The summed E-state index contributed by atoms with van der Waals surface area (Å²) in [6.45, 7) is 3.72. The van der Waals surface area contributed by atoms with Gasteiger partial charge in [-0.25, -0.2) is 4.98 Å². The van der Waals surface area contributed by atoms with Gasteiger partial charge in [-0.1, -0.05) is 35.9 Å². The second-order valence-corrected chi connectivity index (χ2v) is 9.43. The Bertz CT molecular complexity index is 1260. The Morgan fingerprint density at radius 3 is 2.77 bits per heavy atom. The Hall–Kier alpha value is -2.84. The Labute approximate surface area is 189 Å². The molecular weight excluding hydrogens is 426 g/mol. The van der Waals surface area contributed by atoms with Crippen molar-refractivity contribution in [2.75, 3.05) is 13.1 Å². The van der Waals surface area contributed by atoms with Gasteiger partial charge >= 0.3 is 0 Å². The van der Waals surface area contributed by atoms with Crippen LogP contribution in [0.4, 0.5) is 0 Å². The summed E-state index contributed by atoms with van der Waals surface area (Å²) in [7, 11) is 0. The molecule has 1 saturated heterocycles. The molecule has 1 aliphatic rings. The van der Waals surface area contributed by atoms with E-state index in [1.165, 1.54) is 9.71 Å². The summed E-state index contributed by atoms with van der Waals surface area (Å²) in [5.74, 6) is 1.20. The van der Waals surface area contributed by atoms with Crippen LogP contribution in [0, 0.1) is 11.7 Å². The maximum Gasteiger partial charge on any atom is 0.242 e. The minimum absolute atomic E-state index is 0.0779. The number of nitrogens with one attached hydrogen (secondary N) is 1. The molecule has 1 aliphatic heterocycles. The fourth-order valence-corrected chi connectivity index (χ4v) is 5.48. The van der Waals surface area contributed by atoms with Crippen LogP contribution in [-0.4, -0.2) is 43.6 Å². The average molecular weight is 450 g/mol. The van der Waals surface area contributed by atoms with Crippen LogP contribution in [0.25, 0.3) is 21.6 Å². The number of carbonyl (C=O) groups excluding carboxylic acids is 1. The van der Waals surface area contributed by atoms with Crippen LogP contribution >= 0.6 is 23.6 Å². The third kappa shape index (κ3) is 4.05. The fraction of sp³-hybridized carbons (Fsp3) is 0.304. The number of para-hydroxylation sites is 1. The lowest BCUT2D eigenvalue weighted by Crippen LogP contribution is -2.39. The Morgan fingerprint density at radius 2 is 2.00 bits per heavy atom. The molecule has 2 aromatic heterocycles. The highest BCUT2D eigenvalue weighted by molar-refractivity contribution is 7.71. The van der Waals surface area contributed by atoms with Crippen molar-refractivity contribution in [3.05, 3.63) is 63.9 Å². The van der Waals surface area contributed by atoms with Crippen LogP contribution in [0.5, 0.6) is 0 Å². The largest absolute Gasteiger partial charge is 0.341 e. The normalized spacial score (nSPS) is 14.9. The molecule has 0 radical (unpaired) electrons. The van der Waals surface area contributed by atoms with E-state index in [0.717, 1.165) is 42.6 Å². The summed E-state index contributed by atoms with van der Waals surface area (Å²) in [5.41, 5.74) is 3.16. The first-order valence-electron chi connectivity index (χ1n) is 10.4. The number of likely N-dealkylation sites (tertiary alicyclic amines) is 1. The Kier molecular flexibility index (Phi) is 5.41. The van der Waals surface area contributed by atoms with Crippen molar-refractivity contribution in [2.45, 2.75) is 32.2 Å². The smallest absolute Gasteiger partial charge is 0.242 e. The predicted octanol–water partition coefficient (Wildman–Crippen LogP) is 4.93. The van der Waals surface area contributed by atoms with Crippen LogP contribution in [0.3, 0.4) is 0 Å². The number of aryl methyl sites for hydroxylation is 1. The highest BCUT2D eigenvalue weighted by Crippen LogP contribution is 2.34. The summed E-state index contributed by atoms with van der Waals surface area (Å²) >= 11 is 7.18. The lowest BCUT2D eigenvalue weighted by atomic mass is 9.97. The van der Waals surface area contributed by atoms with Gasteiger partial charge in [-0.2, -0.15) is 5.10 Å². The monoisotopic (exact) mass is 449 g/mol. The number of hydrogen-bond donors (Lipinski definition) is 1. The molecule has 1 fully saturated rings. The number of thiazole rings is 1. The minimum Gasteiger partial charge on any atom is -0.341 e. The molecule has 0 unspecified atom stereocenters. The molecule has 1 amide bonds. The van der Waals surface area contributed by atoms with E-state index < -0.39 is 0 Å². The molecule has 0 spiro atoms. The number of H-pyrrole nitrogens is 1. The zero-order chi connectivity index (χ0) is 21.4. The molecule has 0 aliphatic carbocycles. The van der Waals surface area contributed by atoms with Gasteiger partial charge in [0.2, 0.25) is 5.91 Å². The van der Waals surface area contributed by atoms with Gasteiger partial charge in [0.1, 0.15) is 6.54 Å². The highest BCUT2D eigenvalue weighted by Gasteiger charge is 2.26. The van der Waals surface area contributed by atoms with Crippen LogP contribution in [0.1, 0.15) is 29.3 Å². The molecule has 0 saturated carbocycles. The molecule has 3 heterocycles. The third-order valence-corrected chi connectivity index (χ3v) is 7.35. The second-order valence-electron chi connectivity index (χ2n) is 7.98. The van der Waals surface area contributed by atoms with Gasteiger partial charge in [0.15, 0.2) is 10.6 Å². The number of benzene rings is 2. The summed E-state index contributed by atoms with van der Waals surface area (Å²) in [5, 5.41) is 8.40. The van der Waals surface area contributed by atoms with Crippen LogP contribution in [0.15, 0.2) is 48.5 Å². The summed E-state index contributed by atoms with van der Waals surface area (Å²) in [4.78, 5) is 19.8. The maximum atomic E-state index is 13.1. The lowest BCUT2D eigenvalue weighted by Gasteiger charge is -2.31. The molecule has 6 nitrogen and oxygen atoms in total. The first-order chi connectivity index (χ1) is 15.1. The topological polar surface area (TPSA) is 66.8 Å². The molecule has 4 aromatic rings. The molecule has 31 heavy (non-hydrogen) atoms. The van der Waals surface area contributed by atoms with Gasteiger partial charge in [0.25, 0.3) is 0 Å². The van der Waals surface area contributed by atoms with E-state index in [-0.39, 0.29) is 12.5 Å². The molecule has 8 heteroatoms. The maximum absolute atomic E-state index is 13.1. The van der Waals surface area contributed by atoms with Gasteiger partial charge in [-0.3, -0.25) is 14.5 Å². The zero-order valence-electron chi connectivity index (χ0n) is 17.2. The average Bonchev–Trinajstić information content (AvgIpc) is 3.38. The fourth-order valence-electron chi connectivity index (χ4n) is 4.14. The summed E-state index contributed by atoms with van der Waals surface area (Å²) in [6.07, 6.45) is 1.88. The van der Waals surface area contributed by atoms with Crippen molar-refractivity contribution in [2.24, 2.45) is 0 Å². The number of aromatic amines is 1. The zero-order valence-corrected chi connectivity index (χ0v) is 18.9. The molecule has 2 aromatic carbocycles. The number of piperidine rings is 1. The van der Waals surface area contributed by atoms with Gasteiger partial charge < -0.3 is 4.90 Å². The number of nitrogens with zero attached hydrogens (tertiary/aromatic N) is 4. The molecule has 1 N–H and O–H groups in total. The molecule has 5 rings (SSSR count). The Morgan fingerprint density at radius 1 is 1.19 bits per heavy atom. The Balaban J connectivity index is 1.27. The predicted molar refractivity (Wildman–Crippen MR) is 126 cm³/mol. The van der Waals surface area contributed by atoms with E-state index in [1.807, 2.05) is 36.1 Å². The number of carbonyl (C=O) groups is 1. The number of rotatable bonds is 4. The van der Waals surface area contributed by atoms with E-state index >= 15 is 0 Å². The van der Waals surface area contributed by atoms with E-state index in [2.05, 4.69) is 34.5 Å². The van der Waals surface area contributed by atoms with Crippen LogP contribution < -0.4 is 0 Å². The van der Waals surface area contributed by atoms with Gasteiger partial charge in [-0.15, -0.1) is 11.3 Å². The van der Waals surface area contributed by atoms with Gasteiger partial charge in [0, 0.05) is 24.6 Å². The van der Waals surface area contributed by atoms with Crippen molar-refractivity contribution in [1.29, 1.82) is 0 Å². The van der Waals surface area contributed by atoms with E-state index in [0.29, 0.717) is 16.5 Å². The van der Waals surface area contributed by atoms with Crippen molar-refractivity contribution < 1.29 is 4.79 Å². The van der Waals surface area contributed by atoms with E-state index in [4.69, 9.17) is 17.2 Å². The van der Waals surface area contributed by atoms with Crippen molar-refractivity contribution in [3.63, 3.8) is 0 Å². The quantitative estimate of drug-likeness (QED) is 0.449. The number of aromatic nitrogens is 4. The van der Waals surface area contributed by atoms with Crippen molar-refractivity contribution >= 4 is 39.7 Å². The van der Waals surface area contributed by atoms with Gasteiger partial charge in [0.05, 0.1) is 15.2 Å². The van der Waals surface area contributed by atoms with E-state index in [1.54, 1.807) is 15.9 Å². The van der Waals surface area contributed by atoms with Gasteiger partial charge in [-0.05, 0) is 50.2 Å². The van der Waals surface area contributed by atoms with Crippen LogP contribution in [-0.2, 0) is 11.3 Å². The second kappa shape index (κ2) is 8.36. The summed E-state index contributed by atoms with van der Waals surface area (Å²) in [6, 6.07) is 16.3. The lowest BCUT2D eigenvalue weighted by molar-refractivity contribution is -0.132. The molecule has 0 atom stereocenters. The standard InChI is InChI=1S/C23H23N5OS2/c1-15-5-4-6-17(13-15)21-25-26-23(30)28(21)14-20(29)27-11-9-16(10-12-27)22-24-18-7-2-3-8-19(18)31-22/h2-8,13,16H,9-12,14H2,1H3,(H,26,30). The summed E-state index contributed by atoms with van der Waals surface area (Å²) < 4.78 is 3.50. The third-order valence-electron chi connectivity index (χ3n) is 5.84. The first kappa shape index (κ1) is 20.1. The van der Waals surface area contributed by atoms with Crippen LogP contribution in [0.2, 0.25) is 0 Å². The van der Waals surface area contributed by atoms with E-state index in [9.17, 15) is 4.79 Å². The number of amides is 1. The molecule has 158 valence electrons. The van der Waals surface area contributed by atoms with Crippen molar-refractivity contribution in [1.82, 2.24) is 24.6 Å². The SMILES string of the molecule is Cc1cccc(-c2n[nH]c(=S)n2CC(=O)N2CCC(c3nc4ccccc4s3)CC2)c1. The number of hydrogen-bond acceptors (Lipinski definition) is 5. The minimum atomic E-state index is 0.0779. The molecular formula is C23H23N5OS2. The number of fused-ring (bicyclic) bond motifs is 1. The first-order valence-corrected chi connectivity index (χ1v) is 11.7. The van der Waals surface area contributed by atoms with Crippen molar-refractivity contribution in [3.8, 4) is 11.4 Å².